The number of aryl methyl sites for hydroxylation is 2. The van der Waals surface area contributed by atoms with E-state index >= 15 is 0 Å². The molecule has 1 unspecified atom stereocenters. The molecule has 4 aromatic rings. The zero-order valence-corrected chi connectivity index (χ0v) is 17.7. The van der Waals surface area contributed by atoms with Crippen LogP contribution in [-0.4, -0.2) is 43.9 Å². The van der Waals surface area contributed by atoms with Crippen LogP contribution in [0.1, 0.15) is 31.7 Å². The van der Waals surface area contributed by atoms with E-state index in [4.69, 9.17) is 0 Å². The van der Waals surface area contributed by atoms with Gasteiger partial charge in [-0.25, -0.2) is 17.4 Å². The summed E-state index contributed by atoms with van der Waals surface area (Å²) in [6.07, 6.45) is 4.25. The van der Waals surface area contributed by atoms with Crippen LogP contribution in [0.2, 0.25) is 0 Å². The maximum atomic E-state index is 13.1. The van der Waals surface area contributed by atoms with Gasteiger partial charge in [-0.15, -0.1) is 10.2 Å². The summed E-state index contributed by atoms with van der Waals surface area (Å²) in [5.74, 6) is 0.596. The topological polar surface area (TPSA) is 111 Å². The lowest BCUT2D eigenvalue weighted by Crippen LogP contribution is -2.30. The molecule has 0 spiro atoms. The highest BCUT2D eigenvalue weighted by Crippen LogP contribution is 2.23. The van der Waals surface area contributed by atoms with E-state index in [1.165, 1.54) is 23.3 Å². The van der Waals surface area contributed by atoms with E-state index in [0.29, 0.717) is 35.5 Å². The van der Waals surface area contributed by atoms with Crippen molar-refractivity contribution in [1.82, 2.24) is 28.9 Å². The Hall–Kier alpha value is -3.27. The first-order valence-electron chi connectivity index (χ1n) is 9.57. The second kappa shape index (κ2) is 7.52. The predicted molar refractivity (Wildman–Crippen MR) is 112 cm³/mol. The Labute approximate surface area is 173 Å². The van der Waals surface area contributed by atoms with Crippen molar-refractivity contribution in [3.05, 3.63) is 54.1 Å². The molecular formula is C20H22N6O3S. The van der Waals surface area contributed by atoms with Gasteiger partial charge in [0.25, 0.3) is 10.0 Å². The van der Waals surface area contributed by atoms with Crippen molar-refractivity contribution in [3.8, 4) is 0 Å². The molecule has 3 heterocycles. The van der Waals surface area contributed by atoms with Crippen molar-refractivity contribution in [3.63, 3.8) is 0 Å². The van der Waals surface area contributed by atoms with Crippen LogP contribution in [0, 0.1) is 6.92 Å². The van der Waals surface area contributed by atoms with Gasteiger partial charge < -0.3 is 5.32 Å². The van der Waals surface area contributed by atoms with Crippen LogP contribution in [0.3, 0.4) is 0 Å². The van der Waals surface area contributed by atoms with Crippen LogP contribution in [0.25, 0.3) is 16.8 Å². The number of nitrogens with one attached hydrogen (secondary N) is 1. The zero-order chi connectivity index (χ0) is 21.5. The van der Waals surface area contributed by atoms with Gasteiger partial charge in [-0.3, -0.25) is 9.20 Å². The first-order valence-corrected chi connectivity index (χ1v) is 11.0. The molecule has 30 heavy (non-hydrogen) atoms. The molecule has 0 saturated carbocycles. The third kappa shape index (κ3) is 3.54. The maximum absolute atomic E-state index is 13.1. The average Bonchev–Trinajstić information content (AvgIpc) is 3.30. The fourth-order valence-electron chi connectivity index (χ4n) is 3.43. The Morgan fingerprint density at radius 3 is 2.60 bits per heavy atom. The molecule has 1 atom stereocenters. The van der Waals surface area contributed by atoms with Crippen LogP contribution in [-0.2, 0) is 21.2 Å². The normalized spacial score (nSPS) is 13.0. The number of rotatable bonds is 6. The van der Waals surface area contributed by atoms with E-state index in [-0.39, 0.29) is 16.8 Å². The molecule has 0 aliphatic heterocycles. The predicted octanol–water partition coefficient (Wildman–Crippen LogP) is 2.08. The van der Waals surface area contributed by atoms with E-state index < -0.39 is 10.0 Å². The van der Waals surface area contributed by atoms with Gasteiger partial charge in [-0.2, -0.15) is 0 Å². The van der Waals surface area contributed by atoms with Crippen LogP contribution < -0.4 is 5.32 Å². The largest absolute Gasteiger partial charge is 0.354 e. The summed E-state index contributed by atoms with van der Waals surface area (Å²) >= 11 is 0. The van der Waals surface area contributed by atoms with Crippen LogP contribution in [0.4, 0.5) is 0 Å². The lowest BCUT2D eigenvalue weighted by molar-refractivity contribution is -0.119. The molecule has 4 rings (SSSR count). The van der Waals surface area contributed by atoms with Gasteiger partial charge in [0.15, 0.2) is 11.3 Å². The summed E-state index contributed by atoms with van der Waals surface area (Å²) in [7, 11) is -3.79. The molecule has 0 bridgehead atoms. The number of carbonyl (C=O) groups is 1. The molecule has 3 aromatic heterocycles. The van der Waals surface area contributed by atoms with Crippen LogP contribution in [0.5, 0.6) is 0 Å². The van der Waals surface area contributed by atoms with Gasteiger partial charge in [0.05, 0.1) is 16.6 Å². The van der Waals surface area contributed by atoms with E-state index in [9.17, 15) is 13.2 Å². The Morgan fingerprint density at radius 1 is 1.17 bits per heavy atom. The maximum Gasteiger partial charge on any atom is 0.269 e. The van der Waals surface area contributed by atoms with Gasteiger partial charge in [-0.05, 0) is 38.5 Å². The molecule has 156 valence electrons. The number of nitrogens with zero attached hydrogens (tertiary/aromatic N) is 5. The summed E-state index contributed by atoms with van der Waals surface area (Å²) in [6, 6.07) is 8.38. The molecule has 1 amide bonds. The molecule has 0 aliphatic carbocycles. The summed E-state index contributed by atoms with van der Waals surface area (Å²) < 4.78 is 29.3. The number of aromatic nitrogens is 5. The van der Waals surface area contributed by atoms with Crippen LogP contribution >= 0.6 is 0 Å². The van der Waals surface area contributed by atoms with Gasteiger partial charge in [0, 0.05) is 25.6 Å². The number of carbonyl (C=O) groups excluding carboxylic acids is 1. The van der Waals surface area contributed by atoms with Crippen molar-refractivity contribution in [2.45, 2.75) is 44.6 Å². The zero-order valence-electron chi connectivity index (χ0n) is 16.9. The van der Waals surface area contributed by atoms with Crippen molar-refractivity contribution in [2.75, 3.05) is 0 Å². The standard InChI is InChI=1S/C20H22N6O3S/c1-13-4-7-16(8-5-13)30(28,29)25-11-10-17-20(25)21-12-19-24-23-18(26(17)19)9-6-14(2)22-15(3)27/h4-5,7-8,10-12,14H,6,9H2,1-3H3,(H,22,27). The minimum absolute atomic E-state index is 0.0151. The lowest BCUT2D eigenvalue weighted by atomic mass is 10.2. The highest BCUT2D eigenvalue weighted by atomic mass is 32.2. The fraction of sp³-hybridized carbons (Fsp3) is 0.300. The monoisotopic (exact) mass is 426 g/mol. The van der Waals surface area contributed by atoms with E-state index in [0.717, 1.165) is 5.56 Å². The lowest BCUT2D eigenvalue weighted by Gasteiger charge is -2.11. The Balaban J connectivity index is 1.75. The molecule has 10 heteroatoms. The number of fused-ring (bicyclic) bond motifs is 3. The number of amides is 1. The number of benzene rings is 1. The van der Waals surface area contributed by atoms with Crippen molar-refractivity contribution in [1.29, 1.82) is 0 Å². The third-order valence-corrected chi connectivity index (χ3v) is 6.61. The molecule has 0 aliphatic rings. The second-order valence-electron chi connectivity index (χ2n) is 7.35. The fourth-order valence-corrected chi connectivity index (χ4v) is 4.73. The molecule has 0 radical (unpaired) electrons. The van der Waals surface area contributed by atoms with Crippen molar-refractivity contribution in [2.24, 2.45) is 0 Å². The van der Waals surface area contributed by atoms with Gasteiger partial charge in [-0.1, -0.05) is 17.7 Å². The molecule has 9 nitrogen and oxygen atoms in total. The molecular weight excluding hydrogens is 404 g/mol. The smallest absolute Gasteiger partial charge is 0.269 e. The second-order valence-corrected chi connectivity index (χ2v) is 9.16. The van der Waals surface area contributed by atoms with Gasteiger partial charge >= 0.3 is 0 Å². The number of hydrogen-bond donors (Lipinski definition) is 1. The summed E-state index contributed by atoms with van der Waals surface area (Å²) in [5.41, 5.74) is 2.43. The minimum atomic E-state index is -3.79. The minimum Gasteiger partial charge on any atom is -0.354 e. The summed E-state index contributed by atoms with van der Waals surface area (Å²) in [4.78, 5) is 15.7. The third-order valence-electron chi connectivity index (χ3n) is 4.93. The SMILES string of the molecule is CC(=O)NC(C)CCc1nnc2cnc3c(ccn3S(=O)(=O)c3ccc(C)cc3)n12. The molecule has 1 N–H and O–H groups in total. The first-order chi connectivity index (χ1) is 14.3. The highest BCUT2D eigenvalue weighted by Gasteiger charge is 2.22. The summed E-state index contributed by atoms with van der Waals surface area (Å²) in [5, 5.41) is 11.2. The quantitative estimate of drug-likeness (QED) is 0.505. The van der Waals surface area contributed by atoms with E-state index in [1.54, 1.807) is 30.3 Å². The molecule has 1 aromatic carbocycles. The van der Waals surface area contributed by atoms with Crippen molar-refractivity contribution < 1.29 is 13.2 Å². The first kappa shape index (κ1) is 20.0. The number of hydrogen-bond acceptors (Lipinski definition) is 6. The van der Waals surface area contributed by atoms with Crippen LogP contribution in [0.15, 0.2) is 47.6 Å². The Kier molecular flexibility index (Phi) is 5.02. The summed E-state index contributed by atoms with van der Waals surface area (Å²) in [6.45, 7) is 5.31. The van der Waals surface area contributed by atoms with Gasteiger partial charge in [0.2, 0.25) is 5.91 Å². The van der Waals surface area contributed by atoms with E-state index in [1.807, 2.05) is 18.2 Å². The van der Waals surface area contributed by atoms with Gasteiger partial charge in [0.1, 0.15) is 5.82 Å². The highest BCUT2D eigenvalue weighted by molar-refractivity contribution is 7.90. The Morgan fingerprint density at radius 2 is 1.90 bits per heavy atom. The van der Waals surface area contributed by atoms with E-state index in [2.05, 4.69) is 20.5 Å². The molecule has 0 saturated heterocycles. The molecule has 0 fully saturated rings. The average molecular weight is 427 g/mol. The Bertz CT molecular complexity index is 1340. The van der Waals surface area contributed by atoms with Crippen molar-refractivity contribution >= 4 is 32.7 Å².